The van der Waals surface area contributed by atoms with Gasteiger partial charge in [-0.15, -0.1) is 0 Å². The molecule has 0 bridgehead atoms. The molecular weight excluding hydrogens is 348 g/mol. The molecule has 0 radical (unpaired) electrons. The fraction of sp³-hybridized carbons (Fsp3) is 0.421. The number of benzene rings is 1. The Morgan fingerprint density at radius 1 is 1.11 bits per heavy atom. The molecule has 0 spiro atoms. The van der Waals surface area contributed by atoms with Crippen LogP contribution in [0.15, 0.2) is 30.7 Å². The first kappa shape index (κ1) is 18.9. The van der Waals surface area contributed by atoms with E-state index in [1.807, 2.05) is 24.0 Å². The first-order valence-electron chi connectivity index (χ1n) is 8.75. The lowest BCUT2D eigenvalue weighted by Crippen LogP contribution is -2.49. The van der Waals surface area contributed by atoms with Crippen molar-refractivity contribution >= 4 is 11.8 Å². The van der Waals surface area contributed by atoms with Crippen molar-refractivity contribution in [2.24, 2.45) is 0 Å². The SMILES string of the molecule is COc1cc(C)cc(OC)c1C(C(=O)O)N1CCN(c2cnccn2)CC1. The van der Waals surface area contributed by atoms with E-state index in [-0.39, 0.29) is 0 Å². The van der Waals surface area contributed by atoms with Crippen LogP contribution in [-0.2, 0) is 4.79 Å². The Bertz CT molecular complexity index is 767. The summed E-state index contributed by atoms with van der Waals surface area (Å²) >= 11 is 0. The molecule has 1 aliphatic heterocycles. The van der Waals surface area contributed by atoms with Crippen LogP contribution in [0.5, 0.6) is 11.5 Å². The third kappa shape index (κ3) is 3.95. The summed E-state index contributed by atoms with van der Waals surface area (Å²) in [5, 5.41) is 9.98. The number of anilines is 1. The number of ether oxygens (including phenoxy) is 2. The fourth-order valence-corrected chi connectivity index (χ4v) is 3.47. The lowest BCUT2D eigenvalue weighted by molar-refractivity contribution is -0.143. The molecule has 0 saturated carbocycles. The van der Waals surface area contributed by atoms with Crippen molar-refractivity contribution in [3.63, 3.8) is 0 Å². The van der Waals surface area contributed by atoms with Crippen molar-refractivity contribution in [3.8, 4) is 11.5 Å². The van der Waals surface area contributed by atoms with Gasteiger partial charge in [-0.25, -0.2) is 4.98 Å². The molecule has 2 heterocycles. The topological polar surface area (TPSA) is 88.0 Å². The van der Waals surface area contributed by atoms with Crippen LogP contribution in [-0.4, -0.2) is 66.3 Å². The van der Waals surface area contributed by atoms with Crippen LogP contribution < -0.4 is 14.4 Å². The Balaban J connectivity index is 1.87. The minimum atomic E-state index is -0.927. The zero-order valence-corrected chi connectivity index (χ0v) is 15.8. The van der Waals surface area contributed by atoms with Crippen molar-refractivity contribution < 1.29 is 19.4 Å². The van der Waals surface area contributed by atoms with Crippen LogP contribution in [0.25, 0.3) is 0 Å². The molecule has 0 aliphatic carbocycles. The maximum atomic E-state index is 12.2. The van der Waals surface area contributed by atoms with Crippen LogP contribution in [0.1, 0.15) is 17.2 Å². The molecule has 1 aromatic carbocycles. The normalized spacial score (nSPS) is 16.0. The number of carboxylic acids is 1. The number of nitrogens with zero attached hydrogens (tertiary/aromatic N) is 4. The third-order valence-corrected chi connectivity index (χ3v) is 4.75. The molecule has 144 valence electrons. The minimum absolute atomic E-state index is 0.524. The quantitative estimate of drug-likeness (QED) is 0.821. The van der Waals surface area contributed by atoms with Gasteiger partial charge in [-0.05, 0) is 24.6 Å². The number of aromatic nitrogens is 2. The van der Waals surface area contributed by atoms with Gasteiger partial charge in [-0.2, -0.15) is 0 Å². The third-order valence-electron chi connectivity index (χ3n) is 4.75. The molecular formula is C19H24N4O4. The van der Waals surface area contributed by atoms with Crippen LogP contribution >= 0.6 is 0 Å². The van der Waals surface area contributed by atoms with Gasteiger partial charge in [0.2, 0.25) is 0 Å². The van der Waals surface area contributed by atoms with Crippen LogP contribution in [0.2, 0.25) is 0 Å². The van der Waals surface area contributed by atoms with Gasteiger partial charge < -0.3 is 19.5 Å². The summed E-state index contributed by atoms with van der Waals surface area (Å²) in [6.45, 7) is 4.41. The standard InChI is InChI=1S/C19H24N4O4/c1-13-10-14(26-2)17(15(11-13)27-3)18(19(24)25)23-8-6-22(7-9-23)16-12-20-4-5-21-16/h4-5,10-12,18H,6-9H2,1-3H3,(H,24,25). The van der Waals surface area contributed by atoms with Crippen molar-refractivity contribution in [3.05, 3.63) is 41.9 Å². The van der Waals surface area contributed by atoms with E-state index in [0.29, 0.717) is 43.2 Å². The second-order valence-corrected chi connectivity index (χ2v) is 6.41. The summed E-state index contributed by atoms with van der Waals surface area (Å²) < 4.78 is 11.0. The van der Waals surface area contributed by atoms with E-state index < -0.39 is 12.0 Å². The highest BCUT2D eigenvalue weighted by molar-refractivity contribution is 5.78. The smallest absolute Gasteiger partial charge is 0.325 e. The number of aryl methyl sites for hydroxylation is 1. The van der Waals surface area contributed by atoms with Gasteiger partial charge in [-0.3, -0.25) is 14.7 Å². The zero-order chi connectivity index (χ0) is 19.4. The van der Waals surface area contributed by atoms with Gasteiger partial charge in [0.1, 0.15) is 23.4 Å². The molecule has 1 saturated heterocycles. The Labute approximate surface area is 158 Å². The van der Waals surface area contributed by atoms with Crippen molar-refractivity contribution in [1.82, 2.24) is 14.9 Å². The molecule has 27 heavy (non-hydrogen) atoms. The Morgan fingerprint density at radius 2 is 1.74 bits per heavy atom. The maximum Gasteiger partial charge on any atom is 0.325 e. The van der Waals surface area contributed by atoms with E-state index >= 15 is 0 Å². The first-order chi connectivity index (χ1) is 13.0. The van der Waals surface area contributed by atoms with Gasteiger partial charge in [-0.1, -0.05) is 0 Å². The van der Waals surface area contributed by atoms with E-state index in [9.17, 15) is 9.90 Å². The highest BCUT2D eigenvalue weighted by Gasteiger charge is 2.35. The second-order valence-electron chi connectivity index (χ2n) is 6.41. The number of methoxy groups -OCH3 is 2. The van der Waals surface area contributed by atoms with Crippen molar-refractivity contribution in [1.29, 1.82) is 0 Å². The Morgan fingerprint density at radius 3 is 2.22 bits per heavy atom. The molecule has 8 heteroatoms. The summed E-state index contributed by atoms with van der Waals surface area (Å²) in [5.41, 5.74) is 1.50. The molecule has 1 N–H and O–H groups in total. The highest BCUT2D eigenvalue weighted by atomic mass is 16.5. The van der Waals surface area contributed by atoms with Gasteiger partial charge in [0, 0.05) is 38.6 Å². The second kappa shape index (κ2) is 8.22. The monoisotopic (exact) mass is 372 g/mol. The largest absolute Gasteiger partial charge is 0.496 e. The van der Waals surface area contributed by atoms with Crippen molar-refractivity contribution in [2.45, 2.75) is 13.0 Å². The molecule has 1 atom stereocenters. The van der Waals surface area contributed by atoms with Crippen LogP contribution in [0.4, 0.5) is 5.82 Å². The van der Waals surface area contributed by atoms with Gasteiger partial charge in [0.25, 0.3) is 0 Å². The average molecular weight is 372 g/mol. The van der Waals surface area contributed by atoms with Crippen LogP contribution in [0.3, 0.4) is 0 Å². The number of rotatable bonds is 6. The van der Waals surface area contributed by atoms with Gasteiger partial charge in [0.15, 0.2) is 0 Å². The lowest BCUT2D eigenvalue weighted by Gasteiger charge is -2.38. The molecule has 2 aromatic rings. The number of hydrogen-bond donors (Lipinski definition) is 1. The predicted octanol–water partition coefficient (Wildman–Crippen LogP) is 1.75. The summed E-state index contributed by atoms with van der Waals surface area (Å²) in [6.07, 6.45) is 5.01. The summed E-state index contributed by atoms with van der Waals surface area (Å²) in [6, 6.07) is 2.83. The van der Waals surface area contributed by atoms with E-state index in [2.05, 4.69) is 14.9 Å². The summed E-state index contributed by atoms with van der Waals surface area (Å²) in [7, 11) is 3.09. The summed E-state index contributed by atoms with van der Waals surface area (Å²) in [5.74, 6) is 0.920. The zero-order valence-electron chi connectivity index (χ0n) is 15.8. The Kier molecular flexibility index (Phi) is 5.75. The maximum absolute atomic E-state index is 12.2. The molecule has 3 rings (SSSR count). The number of hydrogen-bond acceptors (Lipinski definition) is 7. The molecule has 1 unspecified atom stereocenters. The Hall–Kier alpha value is -2.87. The average Bonchev–Trinajstić information content (AvgIpc) is 2.69. The molecule has 8 nitrogen and oxygen atoms in total. The number of piperazine rings is 1. The number of aliphatic carboxylic acids is 1. The molecule has 1 fully saturated rings. The van der Waals surface area contributed by atoms with Gasteiger partial charge >= 0.3 is 5.97 Å². The van der Waals surface area contributed by atoms with E-state index in [1.54, 1.807) is 32.8 Å². The number of carbonyl (C=O) groups is 1. The van der Waals surface area contributed by atoms with E-state index in [0.717, 1.165) is 11.4 Å². The van der Waals surface area contributed by atoms with E-state index in [1.165, 1.54) is 0 Å². The molecule has 1 aromatic heterocycles. The minimum Gasteiger partial charge on any atom is -0.496 e. The predicted molar refractivity (Wildman–Crippen MR) is 100 cm³/mol. The molecule has 1 aliphatic rings. The fourth-order valence-electron chi connectivity index (χ4n) is 3.47. The lowest BCUT2D eigenvalue weighted by atomic mass is 9.99. The first-order valence-corrected chi connectivity index (χ1v) is 8.75. The van der Waals surface area contributed by atoms with Gasteiger partial charge in [0.05, 0.1) is 26.0 Å². The van der Waals surface area contributed by atoms with E-state index in [4.69, 9.17) is 9.47 Å². The molecule has 0 amide bonds. The van der Waals surface area contributed by atoms with Crippen molar-refractivity contribution in [2.75, 3.05) is 45.3 Å². The summed E-state index contributed by atoms with van der Waals surface area (Å²) in [4.78, 5) is 24.6. The van der Waals surface area contributed by atoms with Crippen LogP contribution in [0, 0.1) is 6.92 Å². The number of carboxylic acid groups (broad SMARTS) is 1. The highest BCUT2D eigenvalue weighted by Crippen LogP contribution is 2.39.